The Balaban J connectivity index is 2.01. The first-order chi connectivity index (χ1) is 8.00. The first kappa shape index (κ1) is 12.5. The van der Waals surface area contributed by atoms with Crippen LogP contribution >= 0.6 is 0 Å². The fourth-order valence-electron chi connectivity index (χ4n) is 2.52. The van der Waals surface area contributed by atoms with E-state index in [0.717, 1.165) is 19.6 Å². The molecule has 2 saturated heterocycles. The Morgan fingerprint density at radius 2 is 2.18 bits per heavy atom. The lowest BCUT2D eigenvalue weighted by Crippen LogP contribution is -2.65. The molecule has 0 radical (unpaired) electrons. The SMILES string of the molecule is CC1(C)C(=O)NC(=O)CN1CC1CCCNC1. The molecule has 1 atom stereocenters. The molecule has 2 rings (SSSR count). The first-order valence-corrected chi connectivity index (χ1v) is 6.30. The number of nitrogens with one attached hydrogen (secondary N) is 2. The van der Waals surface area contributed by atoms with E-state index in [1.807, 2.05) is 18.7 Å². The quantitative estimate of drug-likeness (QED) is 0.651. The summed E-state index contributed by atoms with van der Waals surface area (Å²) in [6, 6.07) is 0. The Morgan fingerprint density at radius 1 is 1.41 bits per heavy atom. The Labute approximate surface area is 102 Å². The molecule has 0 aromatic heterocycles. The van der Waals surface area contributed by atoms with Crippen molar-refractivity contribution in [1.29, 1.82) is 0 Å². The summed E-state index contributed by atoms with van der Waals surface area (Å²) >= 11 is 0. The number of amides is 2. The van der Waals surface area contributed by atoms with E-state index in [-0.39, 0.29) is 11.8 Å². The average Bonchev–Trinajstić information content (AvgIpc) is 2.27. The maximum atomic E-state index is 11.8. The van der Waals surface area contributed by atoms with Gasteiger partial charge in [-0.2, -0.15) is 0 Å². The molecule has 0 spiro atoms. The second-order valence-electron chi connectivity index (χ2n) is 5.53. The predicted molar refractivity (Wildman–Crippen MR) is 64.4 cm³/mol. The second-order valence-corrected chi connectivity index (χ2v) is 5.53. The van der Waals surface area contributed by atoms with Gasteiger partial charge in [0.05, 0.1) is 12.1 Å². The van der Waals surface area contributed by atoms with Crippen molar-refractivity contribution in [3.8, 4) is 0 Å². The van der Waals surface area contributed by atoms with E-state index in [1.165, 1.54) is 12.8 Å². The van der Waals surface area contributed by atoms with Crippen molar-refractivity contribution in [2.75, 3.05) is 26.2 Å². The van der Waals surface area contributed by atoms with Gasteiger partial charge in [-0.1, -0.05) is 0 Å². The zero-order valence-corrected chi connectivity index (χ0v) is 10.6. The summed E-state index contributed by atoms with van der Waals surface area (Å²) in [5, 5.41) is 5.76. The van der Waals surface area contributed by atoms with Crippen LogP contribution in [0, 0.1) is 5.92 Å². The molecule has 2 aliphatic rings. The molecule has 2 N–H and O–H groups in total. The molecule has 1 unspecified atom stereocenters. The van der Waals surface area contributed by atoms with Crippen LogP contribution in [0.4, 0.5) is 0 Å². The number of hydrogen-bond donors (Lipinski definition) is 2. The van der Waals surface area contributed by atoms with Crippen LogP contribution in [0.1, 0.15) is 26.7 Å². The van der Waals surface area contributed by atoms with Crippen LogP contribution in [0.3, 0.4) is 0 Å². The minimum atomic E-state index is -0.578. The highest BCUT2D eigenvalue weighted by Gasteiger charge is 2.41. The highest BCUT2D eigenvalue weighted by Crippen LogP contribution is 2.21. The van der Waals surface area contributed by atoms with Gasteiger partial charge >= 0.3 is 0 Å². The largest absolute Gasteiger partial charge is 0.316 e. The van der Waals surface area contributed by atoms with Gasteiger partial charge in [-0.05, 0) is 45.7 Å². The van der Waals surface area contributed by atoms with Crippen LogP contribution in [0.15, 0.2) is 0 Å². The monoisotopic (exact) mass is 239 g/mol. The van der Waals surface area contributed by atoms with Crippen LogP contribution in [0.25, 0.3) is 0 Å². The molecule has 0 bridgehead atoms. The number of piperidine rings is 1. The average molecular weight is 239 g/mol. The number of hydrogen-bond acceptors (Lipinski definition) is 4. The molecule has 96 valence electrons. The van der Waals surface area contributed by atoms with Gasteiger partial charge in [-0.3, -0.25) is 19.8 Å². The van der Waals surface area contributed by atoms with Gasteiger partial charge in [0.2, 0.25) is 11.8 Å². The van der Waals surface area contributed by atoms with E-state index in [2.05, 4.69) is 10.6 Å². The molecule has 17 heavy (non-hydrogen) atoms. The maximum absolute atomic E-state index is 11.8. The first-order valence-electron chi connectivity index (χ1n) is 6.30. The van der Waals surface area contributed by atoms with Crippen LogP contribution in [-0.4, -0.2) is 48.4 Å². The highest BCUT2D eigenvalue weighted by molar-refractivity contribution is 6.02. The van der Waals surface area contributed by atoms with Gasteiger partial charge in [0.15, 0.2) is 0 Å². The van der Waals surface area contributed by atoms with Crippen molar-refractivity contribution in [1.82, 2.24) is 15.5 Å². The Hall–Kier alpha value is -0.940. The van der Waals surface area contributed by atoms with Gasteiger partial charge < -0.3 is 5.32 Å². The number of carbonyl (C=O) groups is 2. The van der Waals surface area contributed by atoms with Gasteiger partial charge in [-0.15, -0.1) is 0 Å². The number of nitrogens with zero attached hydrogens (tertiary/aromatic N) is 1. The molecule has 2 fully saturated rings. The third-order valence-corrected chi connectivity index (χ3v) is 3.81. The topological polar surface area (TPSA) is 61.4 Å². The lowest BCUT2D eigenvalue weighted by Gasteiger charge is -2.42. The number of imide groups is 1. The maximum Gasteiger partial charge on any atom is 0.246 e. The lowest BCUT2D eigenvalue weighted by atomic mass is 9.93. The molecule has 5 heteroatoms. The van der Waals surface area contributed by atoms with Gasteiger partial charge in [-0.25, -0.2) is 0 Å². The number of piperazine rings is 1. The van der Waals surface area contributed by atoms with Crippen LogP contribution in [0.2, 0.25) is 0 Å². The molecular weight excluding hydrogens is 218 g/mol. The minimum absolute atomic E-state index is 0.182. The fraction of sp³-hybridized carbons (Fsp3) is 0.833. The van der Waals surface area contributed by atoms with Gasteiger partial charge in [0.1, 0.15) is 0 Å². The van der Waals surface area contributed by atoms with Crippen molar-refractivity contribution < 1.29 is 9.59 Å². The molecule has 0 saturated carbocycles. The smallest absolute Gasteiger partial charge is 0.246 e. The summed E-state index contributed by atoms with van der Waals surface area (Å²) in [5.41, 5.74) is -0.578. The zero-order chi connectivity index (χ0) is 12.5. The van der Waals surface area contributed by atoms with Crippen molar-refractivity contribution in [3.63, 3.8) is 0 Å². The number of carbonyl (C=O) groups excluding carboxylic acids is 2. The summed E-state index contributed by atoms with van der Waals surface area (Å²) in [7, 11) is 0. The van der Waals surface area contributed by atoms with E-state index in [1.54, 1.807) is 0 Å². The molecule has 2 aliphatic heterocycles. The van der Waals surface area contributed by atoms with Crippen molar-refractivity contribution in [2.24, 2.45) is 5.92 Å². The summed E-state index contributed by atoms with van der Waals surface area (Å²) in [6.45, 7) is 6.98. The normalized spacial score (nSPS) is 30.1. The summed E-state index contributed by atoms with van der Waals surface area (Å²) in [4.78, 5) is 25.2. The molecule has 5 nitrogen and oxygen atoms in total. The predicted octanol–water partition coefficient (Wildman–Crippen LogP) is -0.277. The lowest BCUT2D eigenvalue weighted by molar-refractivity contribution is -0.145. The molecular formula is C12H21N3O2. The molecule has 0 aromatic carbocycles. The van der Waals surface area contributed by atoms with Crippen molar-refractivity contribution in [2.45, 2.75) is 32.2 Å². The summed E-state index contributed by atoms with van der Waals surface area (Å²) < 4.78 is 0. The van der Waals surface area contributed by atoms with Crippen LogP contribution < -0.4 is 10.6 Å². The summed E-state index contributed by atoms with van der Waals surface area (Å²) in [5.74, 6) is 0.178. The molecule has 0 aliphatic carbocycles. The molecule has 2 heterocycles. The zero-order valence-electron chi connectivity index (χ0n) is 10.6. The van der Waals surface area contributed by atoms with E-state index >= 15 is 0 Å². The fourth-order valence-corrected chi connectivity index (χ4v) is 2.52. The highest BCUT2D eigenvalue weighted by atomic mass is 16.2. The third-order valence-electron chi connectivity index (χ3n) is 3.81. The standard InChI is InChI=1S/C12H21N3O2/c1-12(2)11(17)14-10(16)8-15(12)7-9-4-3-5-13-6-9/h9,13H,3-8H2,1-2H3,(H,14,16,17). The van der Waals surface area contributed by atoms with E-state index in [0.29, 0.717) is 12.5 Å². The molecule has 2 amide bonds. The van der Waals surface area contributed by atoms with Crippen LogP contribution in [0.5, 0.6) is 0 Å². The Kier molecular flexibility index (Phi) is 3.49. The van der Waals surface area contributed by atoms with Crippen molar-refractivity contribution >= 4 is 11.8 Å². The Bertz CT molecular complexity index is 322. The minimum Gasteiger partial charge on any atom is -0.316 e. The van der Waals surface area contributed by atoms with Crippen molar-refractivity contribution in [3.05, 3.63) is 0 Å². The summed E-state index contributed by atoms with van der Waals surface area (Å²) in [6.07, 6.45) is 2.36. The number of rotatable bonds is 2. The van der Waals surface area contributed by atoms with E-state index in [4.69, 9.17) is 0 Å². The molecule has 0 aromatic rings. The van der Waals surface area contributed by atoms with E-state index < -0.39 is 5.54 Å². The third kappa shape index (κ3) is 2.66. The van der Waals surface area contributed by atoms with E-state index in [9.17, 15) is 9.59 Å². The van der Waals surface area contributed by atoms with Gasteiger partial charge in [0, 0.05) is 6.54 Å². The second kappa shape index (κ2) is 4.74. The van der Waals surface area contributed by atoms with Crippen LogP contribution in [-0.2, 0) is 9.59 Å². The Morgan fingerprint density at radius 3 is 2.82 bits per heavy atom. The van der Waals surface area contributed by atoms with Gasteiger partial charge in [0.25, 0.3) is 0 Å².